The minimum absolute atomic E-state index is 0.0617. The minimum Gasteiger partial charge on any atom is -0.258 e. The summed E-state index contributed by atoms with van der Waals surface area (Å²) in [4.78, 5) is 9.96. The summed E-state index contributed by atoms with van der Waals surface area (Å²) in [6.07, 6.45) is 7.18. The van der Waals surface area contributed by atoms with Crippen LogP contribution >= 0.6 is 0 Å². The van der Waals surface area contributed by atoms with Gasteiger partial charge in [-0.25, -0.2) is 13.1 Å². The van der Waals surface area contributed by atoms with Crippen LogP contribution < -0.4 is 4.72 Å². The lowest BCUT2D eigenvalue weighted by Gasteiger charge is -2.06. The van der Waals surface area contributed by atoms with Gasteiger partial charge in [0.25, 0.3) is 5.69 Å². The van der Waals surface area contributed by atoms with Gasteiger partial charge in [-0.2, -0.15) is 0 Å². The Labute approximate surface area is 118 Å². The third-order valence-corrected chi connectivity index (χ3v) is 3.93. The highest BCUT2D eigenvalue weighted by atomic mass is 32.2. The standard InChI is InChI=1S/C13H16N2O4S/c1-2-3-4-5-10-14-20(18,19)11-12-6-8-13(9-7-12)15(16)17/h1,6-9,14H,3-5,10-11H2. The molecule has 1 N–H and O–H groups in total. The Bertz CT molecular complexity index is 588. The van der Waals surface area contributed by atoms with Crippen LogP contribution in [0.3, 0.4) is 0 Å². The van der Waals surface area contributed by atoms with Crippen LogP contribution in [-0.4, -0.2) is 19.9 Å². The van der Waals surface area contributed by atoms with E-state index in [1.807, 2.05) is 0 Å². The first kappa shape index (κ1) is 16.1. The molecule has 0 spiro atoms. The number of hydrogen-bond acceptors (Lipinski definition) is 4. The molecule has 108 valence electrons. The Morgan fingerprint density at radius 3 is 2.45 bits per heavy atom. The lowest BCUT2D eigenvalue weighted by Crippen LogP contribution is -2.26. The fourth-order valence-corrected chi connectivity index (χ4v) is 2.75. The van der Waals surface area contributed by atoms with Crippen LogP contribution in [0.15, 0.2) is 24.3 Å². The average molecular weight is 296 g/mol. The summed E-state index contributed by atoms with van der Waals surface area (Å²) >= 11 is 0. The van der Waals surface area contributed by atoms with Crippen LogP contribution in [0.5, 0.6) is 0 Å². The van der Waals surface area contributed by atoms with E-state index in [1.54, 1.807) is 0 Å². The molecule has 0 aliphatic rings. The van der Waals surface area contributed by atoms with Gasteiger partial charge in [0.2, 0.25) is 10.0 Å². The Morgan fingerprint density at radius 1 is 1.25 bits per heavy atom. The van der Waals surface area contributed by atoms with Crippen LogP contribution in [0, 0.1) is 22.5 Å². The summed E-state index contributed by atoms with van der Waals surface area (Å²) in [6, 6.07) is 5.46. The predicted molar refractivity (Wildman–Crippen MR) is 76.4 cm³/mol. The van der Waals surface area contributed by atoms with Crippen molar-refractivity contribution in [2.24, 2.45) is 0 Å². The highest BCUT2D eigenvalue weighted by Crippen LogP contribution is 2.13. The second kappa shape index (κ2) is 7.62. The maximum atomic E-state index is 11.8. The summed E-state index contributed by atoms with van der Waals surface area (Å²) in [5.41, 5.74) is 0.445. The molecule has 0 atom stereocenters. The first-order valence-electron chi connectivity index (χ1n) is 6.09. The molecule has 6 nitrogen and oxygen atoms in total. The molecule has 0 saturated carbocycles. The fraction of sp³-hybridized carbons (Fsp3) is 0.385. The largest absolute Gasteiger partial charge is 0.269 e. The van der Waals surface area contributed by atoms with E-state index in [1.165, 1.54) is 24.3 Å². The van der Waals surface area contributed by atoms with Crippen molar-refractivity contribution < 1.29 is 13.3 Å². The molecular weight excluding hydrogens is 280 g/mol. The zero-order valence-electron chi connectivity index (χ0n) is 10.9. The van der Waals surface area contributed by atoms with Crippen LogP contribution in [-0.2, 0) is 15.8 Å². The van der Waals surface area contributed by atoms with Crippen LogP contribution in [0.4, 0.5) is 5.69 Å². The van der Waals surface area contributed by atoms with Crippen molar-refractivity contribution in [3.05, 3.63) is 39.9 Å². The molecule has 0 bridgehead atoms. The first-order chi connectivity index (χ1) is 9.44. The number of nitrogens with zero attached hydrogens (tertiary/aromatic N) is 1. The maximum absolute atomic E-state index is 11.8. The molecule has 1 rings (SSSR count). The fourth-order valence-electron chi connectivity index (χ4n) is 1.56. The van der Waals surface area contributed by atoms with Gasteiger partial charge in [-0.05, 0) is 18.4 Å². The summed E-state index contributed by atoms with van der Waals surface area (Å²) in [6.45, 7) is 0.344. The van der Waals surface area contributed by atoms with Crippen molar-refractivity contribution in [2.45, 2.75) is 25.0 Å². The number of terminal acetylenes is 1. The second-order valence-electron chi connectivity index (χ2n) is 4.24. The van der Waals surface area contributed by atoms with E-state index in [4.69, 9.17) is 6.42 Å². The van der Waals surface area contributed by atoms with Gasteiger partial charge in [0.15, 0.2) is 0 Å². The number of benzene rings is 1. The molecular formula is C13H16N2O4S. The third kappa shape index (κ3) is 5.82. The number of unbranched alkanes of at least 4 members (excludes halogenated alkanes) is 2. The zero-order valence-corrected chi connectivity index (χ0v) is 11.7. The van der Waals surface area contributed by atoms with Crippen molar-refractivity contribution in [1.29, 1.82) is 0 Å². The number of sulfonamides is 1. The normalized spacial score (nSPS) is 10.9. The van der Waals surface area contributed by atoms with Crippen molar-refractivity contribution in [2.75, 3.05) is 6.54 Å². The number of nitrogens with one attached hydrogen (secondary N) is 1. The Hall–Kier alpha value is -1.91. The molecule has 1 aromatic rings. The average Bonchev–Trinajstić information content (AvgIpc) is 2.38. The van der Waals surface area contributed by atoms with Gasteiger partial charge < -0.3 is 0 Å². The molecule has 0 saturated heterocycles. The molecule has 0 aliphatic heterocycles. The van der Waals surface area contributed by atoms with Crippen LogP contribution in [0.2, 0.25) is 0 Å². The molecule has 0 radical (unpaired) electrons. The predicted octanol–water partition coefficient (Wildman–Crippen LogP) is 1.82. The van der Waals surface area contributed by atoms with Gasteiger partial charge in [0, 0.05) is 25.1 Å². The summed E-state index contributed by atoms with van der Waals surface area (Å²) < 4.78 is 26.0. The molecule has 20 heavy (non-hydrogen) atoms. The topological polar surface area (TPSA) is 89.3 Å². The number of non-ortho nitro benzene ring substituents is 1. The number of nitro groups is 1. The van der Waals surface area contributed by atoms with Gasteiger partial charge in [0.1, 0.15) is 0 Å². The maximum Gasteiger partial charge on any atom is 0.269 e. The number of hydrogen-bond donors (Lipinski definition) is 1. The van der Waals surface area contributed by atoms with Gasteiger partial charge >= 0.3 is 0 Å². The number of nitro benzene ring substituents is 1. The zero-order chi connectivity index (χ0) is 15.0. The second-order valence-corrected chi connectivity index (χ2v) is 6.05. The van der Waals surface area contributed by atoms with Crippen molar-refractivity contribution in [3.63, 3.8) is 0 Å². The van der Waals surface area contributed by atoms with E-state index in [2.05, 4.69) is 10.6 Å². The monoisotopic (exact) mass is 296 g/mol. The van der Waals surface area contributed by atoms with E-state index in [-0.39, 0.29) is 11.4 Å². The summed E-state index contributed by atoms with van der Waals surface area (Å²) in [5.74, 6) is 2.29. The highest BCUT2D eigenvalue weighted by Gasteiger charge is 2.12. The smallest absolute Gasteiger partial charge is 0.258 e. The highest BCUT2D eigenvalue weighted by molar-refractivity contribution is 7.88. The lowest BCUT2D eigenvalue weighted by molar-refractivity contribution is -0.384. The molecule has 0 amide bonds. The molecule has 0 aromatic heterocycles. The van der Waals surface area contributed by atoms with Crippen LogP contribution in [0.25, 0.3) is 0 Å². The molecule has 1 aromatic carbocycles. The Morgan fingerprint density at radius 2 is 1.90 bits per heavy atom. The third-order valence-electron chi connectivity index (χ3n) is 2.57. The Balaban J connectivity index is 2.49. The van der Waals surface area contributed by atoms with E-state index < -0.39 is 14.9 Å². The van der Waals surface area contributed by atoms with Crippen molar-refractivity contribution in [3.8, 4) is 12.3 Å². The minimum atomic E-state index is -3.43. The summed E-state index contributed by atoms with van der Waals surface area (Å²) in [7, 11) is -3.43. The van der Waals surface area contributed by atoms with Gasteiger partial charge in [-0.15, -0.1) is 12.3 Å². The molecule has 0 heterocycles. The van der Waals surface area contributed by atoms with Crippen molar-refractivity contribution >= 4 is 15.7 Å². The van der Waals surface area contributed by atoms with E-state index in [9.17, 15) is 18.5 Å². The molecule has 0 fully saturated rings. The van der Waals surface area contributed by atoms with Crippen molar-refractivity contribution in [1.82, 2.24) is 4.72 Å². The summed E-state index contributed by atoms with van der Waals surface area (Å²) in [5, 5.41) is 10.5. The molecule has 0 aliphatic carbocycles. The molecule has 0 unspecified atom stereocenters. The van der Waals surface area contributed by atoms with E-state index in [0.717, 1.165) is 6.42 Å². The van der Waals surface area contributed by atoms with E-state index >= 15 is 0 Å². The molecule has 7 heteroatoms. The first-order valence-corrected chi connectivity index (χ1v) is 7.74. The Kier molecular flexibility index (Phi) is 6.15. The SMILES string of the molecule is C#CCCCCNS(=O)(=O)Cc1ccc([N+](=O)[O-])cc1. The van der Waals surface area contributed by atoms with Gasteiger partial charge in [0.05, 0.1) is 10.7 Å². The van der Waals surface area contributed by atoms with Gasteiger partial charge in [-0.1, -0.05) is 12.1 Å². The lowest BCUT2D eigenvalue weighted by atomic mass is 10.2. The quantitative estimate of drug-likeness (QED) is 0.343. The van der Waals surface area contributed by atoms with E-state index in [0.29, 0.717) is 24.9 Å². The van der Waals surface area contributed by atoms with Crippen LogP contribution in [0.1, 0.15) is 24.8 Å². The van der Waals surface area contributed by atoms with Gasteiger partial charge in [-0.3, -0.25) is 10.1 Å². The number of rotatable bonds is 8.